The molecular formula is C15H13BrO3. The minimum absolute atomic E-state index is 0.274. The molecule has 0 aromatic heterocycles. The number of hydrogen-bond donors (Lipinski definition) is 0. The van der Waals surface area contributed by atoms with Gasteiger partial charge in [0, 0.05) is 17.0 Å². The molecule has 1 aliphatic heterocycles. The van der Waals surface area contributed by atoms with Gasteiger partial charge in [0.1, 0.15) is 11.5 Å². The van der Waals surface area contributed by atoms with E-state index in [2.05, 4.69) is 28.9 Å². The van der Waals surface area contributed by atoms with Gasteiger partial charge in [0.2, 0.25) is 6.79 Å². The molecule has 3 rings (SSSR count). The number of hydrogen-bond acceptors (Lipinski definition) is 3. The molecule has 0 unspecified atom stereocenters. The molecule has 0 fully saturated rings. The summed E-state index contributed by atoms with van der Waals surface area (Å²) >= 11 is 3.48. The summed E-state index contributed by atoms with van der Waals surface area (Å²) in [5.41, 5.74) is 2.34. The van der Waals surface area contributed by atoms with E-state index in [1.54, 1.807) is 0 Å². The molecule has 0 aliphatic carbocycles. The Morgan fingerprint density at radius 1 is 1.11 bits per heavy atom. The topological polar surface area (TPSA) is 27.7 Å². The summed E-state index contributed by atoms with van der Waals surface area (Å²) < 4.78 is 16.5. The van der Waals surface area contributed by atoms with Gasteiger partial charge >= 0.3 is 0 Å². The SMILES string of the molecule is Cc1ccc(Oc2ccc3c(c2)OCO3)c(CBr)c1. The lowest BCUT2D eigenvalue weighted by Gasteiger charge is -2.10. The lowest BCUT2D eigenvalue weighted by molar-refractivity contribution is 0.174. The Morgan fingerprint density at radius 3 is 2.79 bits per heavy atom. The van der Waals surface area contributed by atoms with Crippen molar-refractivity contribution in [3.63, 3.8) is 0 Å². The second-order valence-corrected chi connectivity index (χ2v) is 4.92. The molecular weight excluding hydrogens is 308 g/mol. The van der Waals surface area contributed by atoms with Crippen LogP contribution in [-0.2, 0) is 5.33 Å². The molecule has 3 nitrogen and oxygen atoms in total. The fourth-order valence-corrected chi connectivity index (χ4v) is 2.42. The van der Waals surface area contributed by atoms with E-state index < -0.39 is 0 Å². The van der Waals surface area contributed by atoms with Gasteiger partial charge in [0.05, 0.1) is 0 Å². The van der Waals surface area contributed by atoms with Crippen molar-refractivity contribution in [3.05, 3.63) is 47.5 Å². The molecule has 0 bridgehead atoms. The van der Waals surface area contributed by atoms with Crippen molar-refractivity contribution in [2.45, 2.75) is 12.3 Å². The number of ether oxygens (including phenoxy) is 3. The third-order valence-corrected chi connectivity index (χ3v) is 3.54. The monoisotopic (exact) mass is 320 g/mol. The molecule has 2 aromatic rings. The molecule has 2 aromatic carbocycles. The zero-order valence-corrected chi connectivity index (χ0v) is 12.1. The molecule has 1 heterocycles. The first-order valence-corrected chi connectivity index (χ1v) is 7.11. The van der Waals surface area contributed by atoms with Crippen LogP contribution in [0.25, 0.3) is 0 Å². The highest BCUT2D eigenvalue weighted by Gasteiger charge is 2.14. The maximum Gasteiger partial charge on any atom is 0.231 e. The van der Waals surface area contributed by atoms with Crippen LogP contribution in [0, 0.1) is 6.92 Å². The van der Waals surface area contributed by atoms with Crippen LogP contribution in [0.1, 0.15) is 11.1 Å². The van der Waals surface area contributed by atoms with Crippen LogP contribution in [0.3, 0.4) is 0 Å². The molecule has 0 saturated carbocycles. The summed E-state index contributed by atoms with van der Waals surface area (Å²) in [4.78, 5) is 0. The van der Waals surface area contributed by atoms with Crippen molar-refractivity contribution in [3.8, 4) is 23.0 Å². The summed E-state index contributed by atoms with van der Waals surface area (Å²) in [6, 6.07) is 11.7. The van der Waals surface area contributed by atoms with Crippen LogP contribution in [0.4, 0.5) is 0 Å². The fraction of sp³-hybridized carbons (Fsp3) is 0.200. The molecule has 1 aliphatic rings. The second kappa shape index (κ2) is 5.13. The zero-order valence-electron chi connectivity index (χ0n) is 10.5. The highest BCUT2D eigenvalue weighted by molar-refractivity contribution is 9.08. The van der Waals surface area contributed by atoms with Gasteiger partial charge in [-0.1, -0.05) is 33.6 Å². The summed E-state index contributed by atoms with van der Waals surface area (Å²) in [7, 11) is 0. The van der Waals surface area contributed by atoms with Crippen molar-refractivity contribution in [1.29, 1.82) is 0 Å². The Labute approximate surface area is 120 Å². The quantitative estimate of drug-likeness (QED) is 0.784. The van der Waals surface area contributed by atoms with Gasteiger partial charge in [-0.25, -0.2) is 0 Å². The fourth-order valence-electron chi connectivity index (χ4n) is 1.98. The van der Waals surface area contributed by atoms with Crippen molar-refractivity contribution in [1.82, 2.24) is 0 Å². The highest BCUT2D eigenvalue weighted by atomic mass is 79.9. The number of fused-ring (bicyclic) bond motifs is 1. The predicted molar refractivity (Wildman–Crippen MR) is 76.4 cm³/mol. The Bertz CT molecular complexity index is 610. The summed E-state index contributed by atoms with van der Waals surface area (Å²) in [5, 5.41) is 0.758. The number of halogens is 1. The molecule has 0 radical (unpaired) electrons. The molecule has 0 atom stereocenters. The Morgan fingerprint density at radius 2 is 1.95 bits per heavy atom. The van der Waals surface area contributed by atoms with E-state index in [1.807, 2.05) is 30.3 Å². The van der Waals surface area contributed by atoms with E-state index in [9.17, 15) is 0 Å². The highest BCUT2D eigenvalue weighted by Crippen LogP contribution is 2.37. The van der Waals surface area contributed by atoms with Crippen LogP contribution in [0.15, 0.2) is 36.4 Å². The van der Waals surface area contributed by atoms with Crippen LogP contribution in [0.5, 0.6) is 23.0 Å². The Hall–Kier alpha value is -1.68. The van der Waals surface area contributed by atoms with E-state index in [0.29, 0.717) is 0 Å². The first kappa shape index (κ1) is 12.4. The van der Waals surface area contributed by atoms with Crippen molar-refractivity contribution < 1.29 is 14.2 Å². The smallest absolute Gasteiger partial charge is 0.231 e. The first-order chi connectivity index (χ1) is 9.26. The van der Waals surface area contributed by atoms with E-state index in [-0.39, 0.29) is 6.79 Å². The molecule has 4 heteroatoms. The minimum atomic E-state index is 0.274. The largest absolute Gasteiger partial charge is 0.457 e. The Balaban J connectivity index is 1.89. The third kappa shape index (κ3) is 2.54. The van der Waals surface area contributed by atoms with Crippen molar-refractivity contribution in [2.75, 3.05) is 6.79 Å². The van der Waals surface area contributed by atoms with Gasteiger partial charge in [-0.2, -0.15) is 0 Å². The minimum Gasteiger partial charge on any atom is -0.457 e. The van der Waals surface area contributed by atoms with Crippen LogP contribution in [-0.4, -0.2) is 6.79 Å². The van der Waals surface area contributed by atoms with Gasteiger partial charge in [-0.15, -0.1) is 0 Å². The summed E-state index contributed by atoms with van der Waals surface area (Å²) in [6.45, 7) is 2.34. The molecule has 0 spiro atoms. The maximum absolute atomic E-state index is 5.92. The predicted octanol–water partition coefficient (Wildman–Crippen LogP) is 4.41. The lowest BCUT2D eigenvalue weighted by atomic mass is 10.1. The first-order valence-electron chi connectivity index (χ1n) is 5.99. The standard InChI is InChI=1S/C15H13BrO3/c1-10-2-4-13(11(6-10)8-16)19-12-3-5-14-15(7-12)18-9-17-14/h2-7H,8-9H2,1H3. The van der Waals surface area contributed by atoms with Crippen LogP contribution < -0.4 is 14.2 Å². The normalized spacial score (nSPS) is 12.5. The van der Waals surface area contributed by atoms with Gasteiger partial charge in [-0.3, -0.25) is 0 Å². The van der Waals surface area contributed by atoms with Gasteiger partial charge < -0.3 is 14.2 Å². The molecule has 19 heavy (non-hydrogen) atoms. The molecule has 0 N–H and O–H groups in total. The average molecular weight is 321 g/mol. The second-order valence-electron chi connectivity index (χ2n) is 4.36. The number of benzene rings is 2. The van der Waals surface area contributed by atoms with E-state index >= 15 is 0 Å². The zero-order chi connectivity index (χ0) is 13.2. The maximum atomic E-state index is 5.92. The number of aryl methyl sites for hydroxylation is 1. The van der Waals surface area contributed by atoms with E-state index in [4.69, 9.17) is 14.2 Å². The van der Waals surface area contributed by atoms with Crippen molar-refractivity contribution in [2.24, 2.45) is 0 Å². The lowest BCUT2D eigenvalue weighted by Crippen LogP contribution is -1.93. The van der Waals surface area contributed by atoms with E-state index in [1.165, 1.54) is 5.56 Å². The van der Waals surface area contributed by atoms with Crippen LogP contribution >= 0.6 is 15.9 Å². The summed E-state index contributed by atoms with van der Waals surface area (Å²) in [6.07, 6.45) is 0. The Kier molecular flexibility index (Phi) is 3.34. The van der Waals surface area contributed by atoms with E-state index in [0.717, 1.165) is 33.9 Å². The van der Waals surface area contributed by atoms with Gasteiger partial charge in [0.25, 0.3) is 0 Å². The number of rotatable bonds is 3. The third-order valence-electron chi connectivity index (χ3n) is 2.93. The average Bonchev–Trinajstić information content (AvgIpc) is 2.88. The molecule has 98 valence electrons. The van der Waals surface area contributed by atoms with Crippen LogP contribution in [0.2, 0.25) is 0 Å². The van der Waals surface area contributed by atoms with Gasteiger partial charge in [-0.05, 0) is 25.1 Å². The molecule has 0 saturated heterocycles. The summed E-state index contributed by atoms with van der Waals surface area (Å²) in [5.74, 6) is 3.08. The van der Waals surface area contributed by atoms with Gasteiger partial charge in [0.15, 0.2) is 11.5 Å². The number of alkyl halides is 1. The molecule has 0 amide bonds. The van der Waals surface area contributed by atoms with Crippen molar-refractivity contribution >= 4 is 15.9 Å².